The van der Waals surface area contributed by atoms with Crippen molar-refractivity contribution >= 4 is 15.9 Å². The van der Waals surface area contributed by atoms with Gasteiger partial charge < -0.3 is 5.73 Å². The molecule has 0 radical (unpaired) electrons. The molecule has 2 N–H and O–H groups in total. The van der Waals surface area contributed by atoms with Crippen molar-refractivity contribution in [3.8, 4) is 5.69 Å². The molecule has 0 fully saturated rings. The molecule has 1 heterocycles. The minimum Gasteiger partial charge on any atom is -0.321 e. The fourth-order valence-corrected chi connectivity index (χ4v) is 1.65. The third-order valence-electron chi connectivity index (χ3n) is 2.04. The maximum Gasteiger partial charge on any atom is 0.173 e. The zero-order valence-electron chi connectivity index (χ0n) is 8.43. The van der Waals surface area contributed by atoms with Gasteiger partial charge in [0.2, 0.25) is 0 Å². The topological polar surface area (TPSA) is 69.6 Å². The Morgan fingerprint density at radius 2 is 2.25 bits per heavy atom. The fraction of sp³-hybridized carbons (Fsp3) is 0.222. The van der Waals surface area contributed by atoms with E-state index in [1.54, 1.807) is 19.1 Å². The number of hydrogen-bond donors (Lipinski definition) is 1. The average Bonchev–Trinajstić information content (AvgIpc) is 2.70. The van der Waals surface area contributed by atoms with Crippen molar-refractivity contribution in [3.63, 3.8) is 0 Å². The van der Waals surface area contributed by atoms with Gasteiger partial charge in [0.25, 0.3) is 0 Å². The predicted octanol–water partition coefficient (Wildman–Crippen LogP) is 1.58. The van der Waals surface area contributed by atoms with E-state index >= 15 is 0 Å². The minimum atomic E-state index is -0.405. The molecule has 0 aliphatic heterocycles. The van der Waals surface area contributed by atoms with Gasteiger partial charge in [-0.05, 0) is 35.5 Å². The first-order chi connectivity index (χ1) is 7.59. The molecule has 0 aliphatic carbocycles. The van der Waals surface area contributed by atoms with Crippen LogP contribution in [-0.2, 0) is 0 Å². The van der Waals surface area contributed by atoms with Crippen LogP contribution < -0.4 is 5.73 Å². The molecule has 0 saturated carbocycles. The monoisotopic (exact) mass is 285 g/mol. The number of rotatable bonds is 2. The van der Waals surface area contributed by atoms with Gasteiger partial charge in [-0.3, -0.25) is 0 Å². The lowest BCUT2D eigenvalue weighted by atomic mass is 10.3. The molecule has 0 saturated heterocycles. The third-order valence-corrected chi connectivity index (χ3v) is 2.53. The first-order valence-electron chi connectivity index (χ1n) is 4.59. The number of aromatic nitrogens is 4. The first-order valence-corrected chi connectivity index (χ1v) is 5.38. The number of benzene rings is 1. The van der Waals surface area contributed by atoms with E-state index in [2.05, 4.69) is 31.5 Å². The van der Waals surface area contributed by atoms with Crippen LogP contribution in [0.2, 0.25) is 0 Å². The van der Waals surface area contributed by atoms with Crippen LogP contribution in [0.5, 0.6) is 0 Å². The zero-order chi connectivity index (χ0) is 11.7. The van der Waals surface area contributed by atoms with Gasteiger partial charge in [-0.1, -0.05) is 15.9 Å². The Hall–Kier alpha value is -1.34. The molecule has 2 aromatic rings. The molecule has 1 aromatic carbocycles. The van der Waals surface area contributed by atoms with Gasteiger partial charge in [0.1, 0.15) is 11.5 Å². The molecule has 0 aliphatic rings. The van der Waals surface area contributed by atoms with Crippen molar-refractivity contribution in [2.75, 3.05) is 0 Å². The van der Waals surface area contributed by atoms with Crippen LogP contribution in [0.1, 0.15) is 18.8 Å². The van der Waals surface area contributed by atoms with Gasteiger partial charge in [-0.15, -0.1) is 5.10 Å². The standard InChI is InChI=1S/C9H9BrFN5/c1-5(12)9-13-14-15-16(9)8-4-6(10)2-3-7(8)11/h2-5H,12H2,1H3. The molecule has 7 heteroatoms. The molecule has 1 atom stereocenters. The molecular weight excluding hydrogens is 277 g/mol. The van der Waals surface area contributed by atoms with E-state index in [1.807, 2.05) is 0 Å². The summed E-state index contributed by atoms with van der Waals surface area (Å²) in [6.45, 7) is 1.73. The summed E-state index contributed by atoms with van der Waals surface area (Å²) in [7, 11) is 0. The van der Waals surface area contributed by atoms with Crippen molar-refractivity contribution in [1.29, 1.82) is 0 Å². The maximum absolute atomic E-state index is 13.6. The van der Waals surface area contributed by atoms with Gasteiger partial charge in [0, 0.05) is 4.47 Å². The van der Waals surface area contributed by atoms with Gasteiger partial charge in [0.05, 0.1) is 6.04 Å². The van der Waals surface area contributed by atoms with E-state index in [-0.39, 0.29) is 11.7 Å². The smallest absolute Gasteiger partial charge is 0.173 e. The molecule has 84 valence electrons. The molecule has 5 nitrogen and oxygen atoms in total. The molecule has 0 spiro atoms. The lowest BCUT2D eigenvalue weighted by Gasteiger charge is -2.07. The number of halogens is 2. The van der Waals surface area contributed by atoms with Crippen molar-refractivity contribution in [3.05, 3.63) is 34.3 Å². The van der Waals surface area contributed by atoms with Crippen LogP contribution in [0.4, 0.5) is 4.39 Å². The highest BCUT2D eigenvalue weighted by molar-refractivity contribution is 9.10. The highest BCUT2D eigenvalue weighted by atomic mass is 79.9. The Labute approximate surface area is 99.6 Å². The van der Waals surface area contributed by atoms with Crippen LogP contribution in [0, 0.1) is 5.82 Å². The Kier molecular flexibility index (Phi) is 2.97. The van der Waals surface area contributed by atoms with E-state index in [1.165, 1.54) is 10.7 Å². The number of nitrogens with zero attached hydrogens (tertiary/aromatic N) is 4. The normalized spacial score (nSPS) is 12.8. The number of tetrazole rings is 1. The quantitative estimate of drug-likeness (QED) is 0.910. The van der Waals surface area contributed by atoms with Crippen LogP contribution >= 0.6 is 15.9 Å². The van der Waals surface area contributed by atoms with Gasteiger partial charge in [0.15, 0.2) is 5.82 Å². The molecule has 0 bridgehead atoms. The summed E-state index contributed by atoms with van der Waals surface area (Å²) in [6, 6.07) is 4.17. The summed E-state index contributed by atoms with van der Waals surface area (Å²) in [4.78, 5) is 0. The maximum atomic E-state index is 13.6. The highest BCUT2D eigenvalue weighted by Crippen LogP contribution is 2.20. The first kappa shape index (κ1) is 11.2. The van der Waals surface area contributed by atoms with E-state index in [9.17, 15) is 4.39 Å². The van der Waals surface area contributed by atoms with Crippen LogP contribution in [0.25, 0.3) is 5.69 Å². The van der Waals surface area contributed by atoms with Gasteiger partial charge >= 0.3 is 0 Å². The van der Waals surface area contributed by atoms with Crippen molar-refractivity contribution in [2.45, 2.75) is 13.0 Å². The lowest BCUT2D eigenvalue weighted by Crippen LogP contribution is -2.14. The van der Waals surface area contributed by atoms with Crippen LogP contribution in [0.3, 0.4) is 0 Å². The summed E-state index contributed by atoms with van der Waals surface area (Å²) in [5.74, 6) is 0.00870. The summed E-state index contributed by atoms with van der Waals surface area (Å²) in [6.07, 6.45) is 0. The zero-order valence-corrected chi connectivity index (χ0v) is 10.0. The van der Waals surface area contributed by atoms with Gasteiger partial charge in [-0.25, -0.2) is 4.39 Å². The molecule has 2 rings (SSSR count). The van der Waals surface area contributed by atoms with E-state index in [4.69, 9.17) is 5.73 Å². The lowest BCUT2D eigenvalue weighted by molar-refractivity contribution is 0.595. The summed E-state index contributed by atoms with van der Waals surface area (Å²) >= 11 is 3.26. The molecular formula is C9H9BrFN5. The van der Waals surface area contributed by atoms with Crippen LogP contribution in [-0.4, -0.2) is 20.2 Å². The third kappa shape index (κ3) is 1.96. The summed E-state index contributed by atoms with van der Waals surface area (Å²) in [5, 5.41) is 11.0. The largest absolute Gasteiger partial charge is 0.321 e. The van der Waals surface area contributed by atoms with Crippen molar-refractivity contribution < 1.29 is 4.39 Å². The predicted molar refractivity (Wildman–Crippen MR) is 59.4 cm³/mol. The summed E-state index contributed by atoms with van der Waals surface area (Å²) < 4.78 is 15.6. The molecule has 1 unspecified atom stereocenters. The second kappa shape index (κ2) is 4.26. The van der Waals surface area contributed by atoms with E-state index in [0.29, 0.717) is 5.82 Å². The number of hydrogen-bond acceptors (Lipinski definition) is 4. The SMILES string of the molecule is CC(N)c1nnnn1-c1cc(Br)ccc1F. The van der Waals surface area contributed by atoms with Crippen LogP contribution in [0.15, 0.2) is 22.7 Å². The van der Waals surface area contributed by atoms with Crippen molar-refractivity contribution in [2.24, 2.45) is 5.73 Å². The minimum absolute atomic E-state index is 0.270. The number of nitrogens with two attached hydrogens (primary N) is 1. The summed E-state index contributed by atoms with van der Waals surface area (Å²) in [5.41, 5.74) is 5.96. The molecule has 0 amide bonds. The molecule has 1 aromatic heterocycles. The molecule has 16 heavy (non-hydrogen) atoms. The van der Waals surface area contributed by atoms with Gasteiger partial charge in [-0.2, -0.15) is 4.68 Å². The van der Waals surface area contributed by atoms with E-state index in [0.717, 1.165) is 4.47 Å². The van der Waals surface area contributed by atoms with E-state index < -0.39 is 5.82 Å². The second-order valence-electron chi connectivity index (χ2n) is 3.33. The Bertz CT molecular complexity index is 510. The Balaban J connectivity index is 2.58. The Morgan fingerprint density at radius 3 is 2.94 bits per heavy atom. The van der Waals surface area contributed by atoms with Crippen molar-refractivity contribution in [1.82, 2.24) is 20.2 Å². The highest BCUT2D eigenvalue weighted by Gasteiger charge is 2.15. The fourth-order valence-electron chi connectivity index (χ4n) is 1.30. The average molecular weight is 286 g/mol. The second-order valence-corrected chi connectivity index (χ2v) is 4.25. The Morgan fingerprint density at radius 1 is 1.50 bits per heavy atom.